The van der Waals surface area contributed by atoms with Crippen LogP contribution in [0.5, 0.6) is 0 Å². The standard InChI is InChI=1S/C21H35O6P/c1-3-23-28(22,24-4-2)14-15-5-7-20(8-6-15)25-21(27-26-20)18-10-16-9-17(12-18)13-19(21)11-16/h15-19H,3-14H2,1-2H3. The van der Waals surface area contributed by atoms with Gasteiger partial charge in [0.25, 0.3) is 0 Å². The summed E-state index contributed by atoms with van der Waals surface area (Å²) < 4.78 is 30.6. The van der Waals surface area contributed by atoms with E-state index in [-0.39, 0.29) is 0 Å². The molecule has 0 atom stereocenters. The first-order valence-corrected chi connectivity index (χ1v) is 13.2. The lowest BCUT2D eigenvalue weighted by Gasteiger charge is -2.57. The van der Waals surface area contributed by atoms with E-state index in [9.17, 15) is 4.57 Å². The van der Waals surface area contributed by atoms with Gasteiger partial charge in [0.05, 0.1) is 19.4 Å². The molecule has 0 aromatic carbocycles. The maximum Gasteiger partial charge on any atom is 0.330 e. The number of ether oxygens (including phenoxy) is 1. The van der Waals surface area contributed by atoms with Gasteiger partial charge < -0.3 is 13.8 Å². The molecule has 1 saturated heterocycles. The summed E-state index contributed by atoms with van der Waals surface area (Å²) in [5.41, 5.74) is 0. The molecule has 5 aliphatic carbocycles. The molecule has 4 bridgehead atoms. The van der Waals surface area contributed by atoms with Crippen molar-refractivity contribution in [1.82, 2.24) is 0 Å². The molecule has 0 radical (unpaired) electrons. The van der Waals surface area contributed by atoms with Crippen LogP contribution in [-0.2, 0) is 28.1 Å². The lowest BCUT2D eigenvalue weighted by atomic mass is 9.53. The Hall–Kier alpha value is 0.0300. The van der Waals surface area contributed by atoms with Gasteiger partial charge >= 0.3 is 7.60 Å². The average molecular weight is 414 g/mol. The zero-order valence-corrected chi connectivity index (χ0v) is 18.2. The molecule has 0 aromatic rings. The monoisotopic (exact) mass is 414 g/mol. The Labute approximate surface area is 168 Å². The number of hydrogen-bond donors (Lipinski definition) is 0. The van der Waals surface area contributed by atoms with Gasteiger partial charge in [-0.25, -0.2) is 0 Å². The van der Waals surface area contributed by atoms with Crippen molar-refractivity contribution < 1.29 is 28.1 Å². The second-order valence-electron chi connectivity index (χ2n) is 9.78. The highest BCUT2D eigenvalue weighted by Crippen LogP contribution is 2.64. The molecule has 1 aliphatic heterocycles. The summed E-state index contributed by atoms with van der Waals surface area (Å²) in [4.78, 5) is 12.1. The van der Waals surface area contributed by atoms with E-state index in [1.54, 1.807) is 0 Å². The summed E-state index contributed by atoms with van der Waals surface area (Å²) in [6.07, 6.45) is 10.3. The van der Waals surface area contributed by atoms with E-state index in [1.165, 1.54) is 32.1 Å². The predicted molar refractivity (Wildman–Crippen MR) is 103 cm³/mol. The molecule has 6 aliphatic rings. The van der Waals surface area contributed by atoms with E-state index in [0.717, 1.165) is 37.5 Å². The maximum absolute atomic E-state index is 12.9. The molecule has 0 aromatic heterocycles. The van der Waals surface area contributed by atoms with Crippen molar-refractivity contribution in [2.45, 2.75) is 83.2 Å². The van der Waals surface area contributed by atoms with Crippen LogP contribution in [0.3, 0.4) is 0 Å². The summed E-state index contributed by atoms with van der Waals surface area (Å²) in [5.74, 6) is 1.96. The van der Waals surface area contributed by atoms with Crippen molar-refractivity contribution in [2.24, 2.45) is 29.6 Å². The zero-order chi connectivity index (χ0) is 19.4. The van der Waals surface area contributed by atoms with Gasteiger partial charge in [-0.1, -0.05) is 0 Å². The Morgan fingerprint density at radius 1 is 0.893 bits per heavy atom. The second-order valence-corrected chi connectivity index (χ2v) is 11.9. The Morgan fingerprint density at radius 2 is 1.46 bits per heavy atom. The lowest BCUT2D eigenvalue weighted by Crippen LogP contribution is -2.59. The van der Waals surface area contributed by atoms with Crippen LogP contribution in [0.15, 0.2) is 0 Å². The fourth-order valence-corrected chi connectivity index (χ4v) is 9.02. The molecular formula is C21H35O6P. The molecule has 28 heavy (non-hydrogen) atoms. The minimum atomic E-state index is -2.99. The molecule has 6 fully saturated rings. The van der Waals surface area contributed by atoms with Gasteiger partial charge in [0.1, 0.15) is 0 Å². The third-order valence-corrected chi connectivity index (χ3v) is 10.2. The first-order valence-electron chi connectivity index (χ1n) is 11.4. The molecule has 160 valence electrons. The highest BCUT2D eigenvalue weighted by atomic mass is 31.2. The van der Waals surface area contributed by atoms with Crippen molar-refractivity contribution in [3.05, 3.63) is 0 Å². The zero-order valence-electron chi connectivity index (χ0n) is 17.3. The fraction of sp³-hybridized carbons (Fsp3) is 1.00. The summed E-state index contributed by atoms with van der Waals surface area (Å²) in [6, 6.07) is 0. The van der Waals surface area contributed by atoms with Crippen molar-refractivity contribution >= 4 is 7.60 Å². The quantitative estimate of drug-likeness (QED) is 0.436. The van der Waals surface area contributed by atoms with Crippen molar-refractivity contribution in [3.8, 4) is 0 Å². The van der Waals surface area contributed by atoms with Crippen LogP contribution in [0.25, 0.3) is 0 Å². The Balaban J connectivity index is 1.22. The van der Waals surface area contributed by atoms with Crippen LogP contribution in [-0.4, -0.2) is 30.9 Å². The van der Waals surface area contributed by atoms with Crippen LogP contribution in [0.1, 0.15) is 71.6 Å². The van der Waals surface area contributed by atoms with E-state index < -0.39 is 19.2 Å². The highest BCUT2D eigenvalue weighted by Gasteiger charge is 2.66. The SMILES string of the molecule is CCOP(=O)(CC1CCC2(CC1)OOC1(O2)C2CC3CC(C2)CC1C3)OCC. The molecule has 0 N–H and O–H groups in total. The molecule has 6 nitrogen and oxygen atoms in total. The third-order valence-electron chi connectivity index (χ3n) is 7.95. The van der Waals surface area contributed by atoms with Crippen LogP contribution < -0.4 is 0 Å². The van der Waals surface area contributed by atoms with Gasteiger partial charge in [0.15, 0.2) is 0 Å². The summed E-state index contributed by atoms with van der Waals surface area (Å²) >= 11 is 0. The first-order chi connectivity index (χ1) is 13.5. The van der Waals surface area contributed by atoms with E-state index >= 15 is 0 Å². The summed E-state index contributed by atoms with van der Waals surface area (Å²) in [6.45, 7) is 4.57. The van der Waals surface area contributed by atoms with Gasteiger partial charge in [-0.05, 0) is 76.5 Å². The van der Waals surface area contributed by atoms with E-state index in [0.29, 0.717) is 37.1 Å². The van der Waals surface area contributed by atoms with Gasteiger partial charge in [-0.2, -0.15) is 9.78 Å². The van der Waals surface area contributed by atoms with Gasteiger partial charge in [0, 0.05) is 24.7 Å². The molecule has 0 unspecified atom stereocenters. The van der Waals surface area contributed by atoms with Crippen LogP contribution in [0.4, 0.5) is 0 Å². The summed E-state index contributed by atoms with van der Waals surface area (Å²) in [5, 5.41) is 0. The van der Waals surface area contributed by atoms with E-state index in [2.05, 4.69) is 0 Å². The van der Waals surface area contributed by atoms with Crippen molar-refractivity contribution in [1.29, 1.82) is 0 Å². The maximum atomic E-state index is 12.9. The van der Waals surface area contributed by atoms with E-state index in [1.807, 2.05) is 13.8 Å². The van der Waals surface area contributed by atoms with Gasteiger partial charge in [0.2, 0.25) is 11.6 Å². The molecule has 0 amide bonds. The van der Waals surface area contributed by atoms with Crippen LogP contribution in [0, 0.1) is 29.6 Å². The summed E-state index contributed by atoms with van der Waals surface area (Å²) in [7, 11) is -2.99. The first kappa shape index (κ1) is 20.0. The largest absolute Gasteiger partial charge is 0.330 e. The third kappa shape index (κ3) is 3.33. The normalized spacial score (nSPS) is 47.4. The van der Waals surface area contributed by atoms with Crippen molar-refractivity contribution in [2.75, 3.05) is 19.4 Å². The minimum Gasteiger partial charge on any atom is -0.312 e. The average Bonchev–Trinajstić information content (AvgIpc) is 3.02. The molecule has 2 spiro atoms. The molecule has 1 heterocycles. The number of hydrogen-bond acceptors (Lipinski definition) is 6. The van der Waals surface area contributed by atoms with Crippen LogP contribution >= 0.6 is 7.60 Å². The Bertz CT molecular complexity index is 590. The molecule has 6 rings (SSSR count). The second kappa shape index (κ2) is 7.32. The number of rotatable bonds is 6. The van der Waals surface area contributed by atoms with Crippen LogP contribution in [0.2, 0.25) is 0 Å². The molecule has 7 heteroatoms. The Kier molecular flexibility index (Phi) is 5.22. The molecular weight excluding hydrogens is 379 g/mol. The van der Waals surface area contributed by atoms with E-state index in [4.69, 9.17) is 23.6 Å². The minimum absolute atomic E-state index is 0.316. The van der Waals surface area contributed by atoms with Crippen molar-refractivity contribution in [3.63, 3.8) is 0 Å². The highest BCUT2D eigenvalue weighted by molar-refractivity contribution is 7.53. The van der Waals surface area contributed by atoms with Gasteiger partial charge in [-0.15, -0.1) is 0 Å². The topological polar surface area (TPSA) is 63.2 Å². The lowest BCUT2D eigenvalue weighted by molar-refractivity contribution is -0.390. The smallest absolute Gasteiger partial charge is 0.312 e. The van der Waals surface area contributed by atoms with Gasteiger partial charge in [-0.3, -0.25) is 4.57 Å². The molecule has 5 saturated carbocycles. The predicted octanol–water partition coefficient (Wildman–Crippen LogP) is 5.27. The fourth-order valence-electron chi connectivity index (χ4n) is 6.95. The Morgan fingerprint density at radius 3 is 2.00 bits per heavy atom.